The summed E-state index contributed by atoms with van der Waals surface area (Å²) in [4.78, 5) is 12.8. The molecule has 0 spiro atoms. The van der Waals surface area contributed by atoms with E-state index in [1.165, 1.54) is 0 Å². The molecule has 0 bridgehead atoms. The maximum atomic E-state index is 12.8. The average molecular weight is 252 g/mol. The molecule has 1 aliphatic carbocycles. The summed E-state index contributed by atoms with van der Waals surface area (Å²) in [5.41, 5.74) is 0.423. The largest absolute Gasteiger partial charge is 0.299 e. The molecule has 0 aromatic heterocycles. The normalized spacial score (nSPS) is 24.4. The van der Waals surface area contributed by atoms with Crippen LogP contribution in [0, 0.1) is 16.2 Å². The molecule has 0 heterocycles. The number of hydrogen-bond acceptors (Lipinski definition) is 1. The zero-order valence-electron chi connectivity index (χ0n) is 13.4. The second-order valence-corrected chi connectivity index (χ2v) is 6.17. The summed E-state index contributed by atoms with van der Waals surface area (Å²) in [5.74, 6) is 0.555. The molecule has 1 fully saturated rings. The molecule has 106 valence electrons. The Morgan fingerprint density at radius 2 is 1.22 bits per heavy atom. The van der Waals surface area contributed by atoms with Gasteiger partial charge in [-0.15, -0.1) is 0 Å². The number of ketones is 1. The number of hydrogen-bond donors (Lipinski definition) is 0. The van der Waals surface area contributed by atoms with Crippen LogP contribution >= 0.6 is 0 Å². The lowest BCUT2D eigenvalue weighted by atomic mass is 9.50. The zero-order chi connectivity index (χ0) is 14.0. The van der Waals surface area contributed by atoms with E-state index in [9.17, 15) is 4.79 Å². The van der Waals surface area contributed by atoms with Gasteiger partial charge in [-0.3, -0.25) is 4.79 Å². The van der Waals surface area contributed by atoms with Gasteiger partial charge in [0.15, 0.2) is 0 Å². The lowest BCUT2D eigenvalue weighted by Gasteiger charge is -2.53. The Kier molecular flexibility index (Phi) is 4.67. The predicted octanol–water partition coefficient (Wildman–Crippen LogP) is 5.38. The predicted molar refractivity (Wildman–Crippen MR) is 78.7 cm³/mol. The van der Waals surface area contributed by atoms with Gasteiger partial charge >= 0.3 is 0 Å². The monoisotopic (exact) mass is 252 g/mol. The van der Waals surface area contributed by atoms with Gasteiger partial charge in [0.25, 0.3) is 0 Å². The number of carbonyl (C=O) groups excluding carboxylic acids is 1. The van der Waals surface area contributed by atoms with Crippen LogP contribution in [-0.4, -0.2) is 5.78 Å². The van der Waals surface area contributed by atoms with E-state index in [0.717, 1.165) is 44.9 Å². The molecule has 18 heavy (non-hydrogen) atoms. The lowest BCUT2D eigenvalue weighted by Crippen LogP contribution is -2.47. The van der Waals surface area contributed by atoms with Gasteiger partial charge in [-0.05, 0) is 49.4 Å². The minimum Gasteiger partial charge on any atom is -0.299 e. The van der Waals surface area contributed by atoms with Crippen LogP contribution in [0.3, 0.4) is 0 Å². The van der Waals surface area contributed by atoms with Crippen LogP contribution in [0.15, 0.2) is 0 Å². The number of carbonyl (C=O) groups is 1. The van der Waals surface area contributed by atoms with Crippen molar-refractivity contribution in [2.24, 2.45) is 16.2 Å². The molecule has 0 unspecified atom stereocenters. The SMILES string of the molecule is CCC1(CC)CC(=O)C(CC)(CC)C1(CC)CC. The first-order chi connectivity index (χ1) is 8.49. The van der Waals surface area contributed by atoms with Crippen LogP contribution in [0.4, 0.5) is 0 Å². The summed E-state index contributed by atoms with van der Waals surface area (Å²) < 4.78 is 0. The Balaban J connectivity index is 3.50. The molecule has 0 amide bonds. The van der Waals surface area contributed by atoms with E-state index < -0.39 is 0 Å². The van der Waals surface area contributed by atoms with Crippen LogP contribution in [-0.2, 0) is 4.79 Å². The van der Waals surface area contributed by atoms with Crippen molar-refractivity contribution in [3.8, 4) is 0 Å². The van der Waals surface area contributed by atoms with Crippen LogP contribution in [0.2, 0.25) is 0 Å². The van der Waals surface area contributed by atoms with Crippen molar-refractivity contribution in [3.63, 3.8) is 0 Å². The van der Waals surface area contributed by atoms with Gasteiger partial charge in [-0.2, -0.15) is 0 Å². The smallest absolute Gasteiger partial charge is 0.140 e. The lowest BCUT2D eigenvalue weighted by molar-refractivity contribution is -0.133. The van der Waals surface area contributed by atoms with Gasteiger partial charge in [0.1, 0.15) is 5.78 Å². The molecule has 1 saturated carbocycles. The van der Waals surface area contributed by atoms with E-state index >= 15 is 0 Å². The molecule has 0 N–H and O–H groups in total. The van der Waals surface area contributed by atoms with Crippen LogP contribution < -0.4 is 0 Å². The van der Waals surface area contributed by atoms with Gasteiger partial charge in [-0.1, -0.05) is 41.5 Å². The molecular weight excluding hydrogens is 220 g/mol. The van der Waals surface area contributed by atoms with Crippen LogP contribution in [0.25, 0.3) is 0 Å². The molecule has 1 rings (SSSR count). The minimum atomic E-state index is -0.0531. The highest BCUT2D eigenvalue weighted by Crippen LogP contribution is 2.69. The fourth-order valence-corrected chi connectivity index (χ4v) is 5.59. The van der Waals surface area contributed by atoms with Gasteiger partial charge in [0.2, 0.25) is 0 Å². The van der Waals surface area contributed by atoms with Crippen molar-refractivity contribution in [1.29, 1.82) is 0 Å². The average Bonchev–Trinajstić information content (AvgIpc) is 2.64. The number of rotatable bonds is 6. The molecule has 0 atom stereocenters. The van der Waals surface area contributed by atoms with E-state index in [-0.39, 0.29) is 16.2 Å². The summed E-state index contributed by atoms with van der Waals surface area (Å²) in [6.45, 7) is 13.6. The Hall–Kier alpha value is -0.330. The quantitative estimate of drug-likeness (QED) is 0.620. The summed E-state index contributed by atoms with van der Waals surface area (Å²) in [6.07, 6.45) is 7.47. The van der Waals surface area contributed by atoms with E-state index in [1.807, 2.05) is 0 Å². The molecular formula is C17H32O. The molecule has 1 nitrogen and oxygen atoms in total. The molecule has 1 aliphatic rings. The highest BCUT2D eigenvalue weighted by atomic mass is 16.1. The third kappa shape index (κ3) is 1.55. The molecule has 1 heteroatoms. The van der Waals surface area contributed by atoms with Crippen molar-refractivity contribution in [2.45, 2.75) is 86.5 Å². The summed E-state index contributed by atoms with van der Waals surface area (Å²) in [6, 6.07) is 0. The Morgan fingerprint density at radius 3 is 1.50 bits per heavy atom. The van der Waals surface area contributed by atoms with Gasteiger partial charge in [-0.25, -0.2) is 0 Å². The standard InChI is InChI=1S/C17H32O/c1-7-15(8-2)13-14(18)16(9-3,10-4)17(15,11-5)12-6/h7-13H2,1-6H3. The van der Waals surface area contributed by atoms with E-state index in [1.54, 1.807) is 0 Å². The first kappa shape index (κ1) is 15.7. The third-order valence-electron chi connectivity index (χ3n) is 6.73. The van der Waals surface area contributed by atoms with Crippen molar-refractivity contribution in [2.75, 3.05) is 0 Å². The molecule has 0 aromatic carbocycles. The first-order valence-electron chi connectivity index (χ1n) is 8.03. The first-order valence-corrected chi connectivity index (χ1v) is 8.03. The van der Waals surface area contributed by atoms with E-state index in [0.29, 0.717) is 5.78 Å². The van der Waals surface area contributed by atoms with Crippen LogP contribution in [0.1, 0.15) is 86.5 Å². The summed E-state index contributed by atoms with van der Waals surface area (Å²) >= 11 is 0. The van der Waals surface area contributed by atoms with Crippen molar-refractivity contribution in [1.82, 2.24) is 0 Å². The molecule has 0 aromatic rings. The highest BCUT2D eigenvalue weighted by molar-refractivity contribution is 5.89. The molecule has 0 aliphatic heterocycles. The second-order valence-electron chi connectivity index (χ2n) is 6.17. The third-order valence-corrected chi connectivity index (χ3v) is 6.73. The fourth-order valence-electron chi connectivity index (χ4n) is 5.59. The van der Waals surface area contributed by atoms with Gasteiger partial charge < -0.3 is 0 Å². The Labute approximate surface area is 114 Å². The summed E-state index contributed by atoms with van der Waals surface area (Å²) in [7, 11) is 0. The van der Waals surface area contributed by atoms with Crippen molar-refractivity contribution < 1.29 is 4.79 Å². The molecule has 0 saturated heterocycles. The zero-order valence-corrected chi connectivity index (χ0v) is 13.4. The topological polar surface area (TPSA) is 17.1 Å². The van der Waals surface area contributed by atoms with Gasteiger partial charge in [0.05, 0.1) is 0 Å². The Morgan fingerprint density at radius 1 is 0.778 bits per heavy atom. The van der Waals surface area contributed by atoms with Crippen LogP contribution in [0.5, 0.6) is 0 Å². The summed E-state index contributed by atoms with van der Waals surface area (Å²) in [5, 5.41) is 0. The fraction of sp³-hybridized carbons (Fsp3) is 0.941. The van der Waals surface area contributed by atoms with Crippen molar-refractivity contribution >= 4 is 5.78 Å². The van der Waals surface area contributed by atoms with Crippen molar-refractivity contribution in [3.05, 3.63) is 0 Å². The van der Waals surface area contributed by atoms with E-state index in [2.05, 4.69) is 41.5 Å². The Bertz CT molecular complexity index is 291. The highest BCUT2D eigenvalue weighted by Gasteiger charge is 2.66. The van der Waals surface area contributed by atoms with E-state index in [4.69, 9.17) is 0 Å². The molecule has 0 radical (unpaired) electrons. The number of Topliss-reactive ketones (excluding diaryl/α,β-unsaturated/α-hetero) is 1. The second kappa shape index (κ2) is 5.35. The maximum Gasteiger partial charge on any atom is 0.140 e. The maximum absolute atomic E-state index is 12.8. The minimum absolute atomic E-state index is 0.0531. The van der Waals surface area contributed by atoms with Gasteiger partial charge in [0, 0.05) is 11.8 Å².